The van der Waals surface area contributed by atoms with Crippen LogP contribution in [0.1, 0.15) is 45.5 Å². The van der Waals surface area contributed by atoms with Gasteiger partial charge in [-0.2, -0.15) is 0 Å². The molecule has 2 N–H and O–H groups in total. The van der Waals surface area contributed by atoms with E-state index in [2.05, 4.69) is 20.4 Å². The highest BCUT2D eigenvalue weighted by molar-refractivity contribution is 6.07. The molecule has 0 radical (unpaired) electrons. The summed E-state index contributed by atoms with van der Waals surface area (Å²) in [5.74, 6) is -0.259. The van der Waals surface area contributed by atoms with Crippen molar-refractivity contribution in [2.45, 2.75) is 26.2 Å². The lowest BCUT2D eigenvalue weighted by Crippen LogP contribution is -2.38. The number of carbonyl (C=O) groups is 2. The lowest BCUT2D eigenvalue weighted by molar-refractivity contribution is 0.0374. The number of nitrogens with zero attached hydrogens (tertiary/aromatic N) is 2. The summed E-state index contributed by atoms with van der Waals surface area (Å²) in [6, 6.07) is 13.2. The molecule has 7 heteroatoms. The lowest BCUT2D eigenvalue weighted by Gasteiger charge is -2.26. The number of amides is 2. The molecule has 2 fully saturated rings. The van der Waals surface area contributed by atoms with Crippen LogP contribution in [0.15, 0.2) is 42.5 Å². The number of hydrogen-bond acceptors (Lipinski definition) is 5. The molecule has 0 unspecified atom stereocenters. The Kier molecular flexibility index (Phi) is 7.96. The van der Waals surface area contributed by atoms with Crippen LogP contribution in [0.2, 0.25) is 0 Å². The molecule has 0 bridgehead atoms. The third-order valence-corrected chi connectivity index (χ3v) is 6.38. The summed E-state index contributed by atoms with van der Waals surface area (Å²) < 4.78 is 5.39. The molecule has 2 aliphatic heterocycles. The van der Waals surface area contributed by atoms with E-state index < -0.39 is 0 Å². The normalized spacial score (nSPS) is 16.6. The van der Waals surface area contributed by atoms with Gasteiger partial charge in [0.25, 0.3) is 11.8 Å². The van der Waals surface area contributed by atoms with E-state index in [0.717, 1.165) is 76.5 Å². The first kappa shape index (κ1) is 23.3. The molecule has 2 amide bonds. The van der Waals surface area contributed by atoms with E-state index in [1.165, 1.54) is 0 Å². The maximum atomic E-state index is 13.2. The van der Waals surface area contributed by atoms with Crippen LogP contribution >= 0.6 is 0 Å². The fraction of sp³-hybridized carbons (Fsp3) is 0.462. The van der Waals surface area contributed by atoms with Crippen LogP contribution in [0.5, 0.6) is 0 Å². The highest BCUT2D eigenvalue weighted by Gasteiger charge is 2.21. The van der Waals surface area contributed by atoms with Crippen molar-refractivity contribution in [3.63, 3.8) is 0 Å². The Bertz CT molecular complexity index is 966. The first-order valence-electron chi connectivity index (χ1n) is 12.0. The highest BCUT2D eigenvalue weighted by Crippen LogP contribution is 2.28. The Morgan fingerprint density at radius 2 is 1.70 bits per heavy atom. The monoisotopic (exact) mass is 450 g/mol. The number of nitrogens with one attached hydrogen (secondary N) is 2. The maximum absolute atomic E-state index is 13.2. The van der Waals surface area contributed by atoms with E-state index in [0.29, 0.717) is 23.4 Å². The molecule has 2 saturated heterocycles. The van der Waals surface area contributed by atoms with Crippen molar-refractivity contribution in [1.82, 2.24) is 10.2 Å². The number of carbonyl (C=O) groups excluding carboxylic acids is 2. The second-order valence-corrected chi connectivity index (χ2v) is 8.76. The smallest absolute Gasteiger partial charge is 0.255 e. The fourth-order valence-corrected chi connectivity index (χ4v) is 4.48. The van der Waals surface area contributed by atoms with Crippen molar-refractivity contribution in [1.29, 1.82) is 0 Å². The predicted octanol–water partition coefficient (Wildman–Crippen LogP) is 3.30. The summed E-state index contributed by atoms with van der Waals surface area (Å²) >= 11 is 0. The first-order valence-corrected chi connectivity index (χ1v) is 12.0. The number of morpholine rings is 1. The van der Waals surface area contributed by atoms with Gasteiger partial charge in [-0.05, 0) is 62.6 Å². The molecule has 0 atom stereocenters. The van der Waals surface area contributed by atoms with Gasteiger partial charge in [-0.3, -0.25) is 14.5 Å². The van der Waals surface area contributed by atoms with Gasteiger partial charge in [0.15, 0.2) is 0 Å². The molecule has 7 nitrogen and oxygen atoms in total. The SMILES string of the molecule is Cc1ccccc1C(=O)Nc1ccc(N2CCCC2)c(C(=O)NCCCN2CCOCC2)c1. The van der Waals surface area contributed by atoms with Gasteiger partial charge in [-0.25, -0.2) is 0 Å². The van der Waals surface area contributed by atoms with E-state index in [-0.39, 0.29) is 11.8 Å². The predicted molar refractivity (Wildman–Crippen MR) is 131 cm³/mol. The first-order chi connectivity index (χ1) is 16.1. The van der Waals surface area contributed by atoms with Crippen molar-refractivity contribution in [2.24, 2.45) is 0 Å². The van der Waals surface area contributed by atoms with Gasteiger partial charge in [0.1, 0.15) is 0 Å². The largest absolute Gasteiger partial charge is 0.379 e. The molecule has 2 aromatic rings. The van der Waals surface area contributed by atoms with Gasteiger partial charge in [-0.1, -0.05) is 18.2 Å². The Hall–Kier alpha value is -2.90. The Morgan fingerprint density at radius 1 is 0.939 bits per heavy atom. The molecule has 0 saturated carbocycles. The summed E-state index contributed by atoms with van der Waals surface area (Å²) in [6.45, 7) is 8.87. The van der Waals surface area contributed by atoms with Gasteiger partial charge in [0.2, 0.25) is 0 Å². The van der Waals surface area contributed by atoms with Crippen molar-refractivity contribution in [3.8, 4) is 0 Å². The number of aryl methyl sites for hydroxylation is 1. The third-order valence-electron chi connectivity index (χ3n) is 6.38. The van der Waals surface area contributed by atoms with Crippen LogP contribution in [-0.4, -0.2) is 69.2 Å². The van der Waals surface area contributed by atoms with Crippen molar-refractivity contribution < 1.29 is 14.3 Å². The molecule has 176 valence electrons. The zero-order chi connectivity index (χ0) is 23.0. The number of anilines is 2. The van der Waals surface area contributed by atoms with E-state index in [1.54, 1.807) is 6.07 Å². The average molecular weight is 451 g/mol. The van der Waals surface area contributed by atoms with Crippen LogP contribution in [0, 0.1) is 6.92 Å². The lowest BCUT2D eigenvalue weighted by atomic mass is 10.1. The van der Waals surface area contributed by atoms with E-state index in [4.69, 9.17) is 4.74 Å². The van der Waals surface area contributed by atoms with Gasteiger partial charge in [0, 0.05) is 49.7 Å². The second kappa shape index (κ2) is 11.3. The molecule has 4 rings (SSSR count). The Balaban J connectivity index is 1.43. The van der Waals surface area contributed by atoms with Crippen LogP contribution in [0.25, 0.3) is 0 Å². The minimum absolute atomic E-state index is 0.0918. The quantitative estimate of drug-likeness (QED) is 0.604. The molecule has 2 aliphatic rings. The van der Waals surface area contributed by atoms with E-state index in [1.807, 2.05) is 43.3 Å². The van der Waals surface area contributed by atoms with Gasteiger partial charge in [-0.15, -0.1) is 0 Å². The van der Waals surface area contributed by atoms with E-state index in [9.17, 15) is 9.59 Å². The van der Waals surface area contributed by atoms with Crippen LogP contribution < -0.4 is 15.5 Å². The summed E-state index contributed by atoms with van der Waals surface area (Å²) in [5, 5.41) is 6.05. The second-order valence-electron chi connectivity index (χ2n) is 8.76. The summed E-state index contributed by atoms with van der Waals surface area (Å²) in [7, 11) is 0. The Morgan fingerprint density at radius 3 is 2.45 bits per heavy atom. The molecule has 0 spiro atoms. The van der Waals surface area contributed by atoms with Crippen LogP contribution in [-0.2, 0) is 4.74 Å². The molecule has 0 aliphatic carbocycles. The molecule has 33 heavy (non-hydrogen) atoms. The van der Waals surface area contributed by atoms with Crippen molar-refractivity contribution >= 4 is 23.2 Å². The molecular formula is C26H34N4O3. The molecule has 0 aromatic heterocycles. The minimum Gasteiger partial charge on any atom is -0.379 e. The Labute approximate surface area is 196 Å². The third kappa shape index (κ3) is 6.12. The number of ether oxygens (including phenoxy) is 1. The fourth-order valence-electron chi connectivity index (χ4n) is 4.48. The average Bonchev–Trinajstić information content (AvgIpc) is 3.37. The standard InChI is InChI=1S/C26H34N4O3/c1-20-7-2-3-8-22(20)26(32)28-21-9-10-24(30-13-4-5-14-30)23(19-21)25(31)27-11-6-12-29-15-17-33-18-16-29/h2-3,7-10,19H,4-6,11-18H2,1H3,(H,27,31)(H,28,32). The topological polar surface area (TPSA) is 73.9 Å². The van der Waals surface area contributed by atoms with Crippen LogP contribution in [0.3, 0.4) is 0 Å². The minimum atomic E-state index is -0.168. The van der Waals surface area contributed by atoms with Crippen molar-refractivity contribution in [3.05, 3.63) is 59.2 Å². The summed E-state index contributed by atoms with van der Waals surface area (Å²) in [4.78, 5) is 30.6. The zero-order valence-electron chi connectivity index (χ0n) is 19.4. The molecule has 2 aromatic carbocycles. The molecule has 2 heterocycles. The van der Waals surface area contributed by atoms with Gasteiger partial charge >= 0.3 is 0 Å². The maximum Gasteiger partial charge on any atom is 0.255 e. The highest BCUT2D eigenvalue weighted by atomic mass is 16.5. The van der Waals surface area contributed by atoms with Gasteiger partial charge < -0.3 is 20.3 Å². The summed E-state index contributed by atoms with van der Waals surface area (Å²) in [5.41, 5.74) is 3.74. The van der Waals surface area contributed by atoms with Crippen molar-refractivity contribution in [2.75, 3.05) is 62.7 Å². The van der Waals surface area contributed by atoms with Gasteiger partial charge in [0.05, 0.1) is 18.8 Å². The summed E-state index contributed by atoms with van der Waals surface area (Å²) in [6.07, 6.45) is 3.16. The number of rotatable bonds is 8. The zero-order valence-corrected chi connectivity index (χ0v) is 19.4. The number of hydrogen-bond donors (Lipinski definition) is 2. The van der Waals surface area contributed by atoms with E-state index >= 15 is 0 Å². The number of benzene rings is 2. The molecular weight excluding hydrogens is 416 g/mol. The van der Waals surface area contributed by atoms with Crippen LogP contribution in [0.4, 0.5) is 11.4 Å².